The van der Waals surface area contributed by atoms with Crippen molar-refractivity contribution in [1.82, 2.24) is 14.9 Å². The van der Waals surface area contributed by atoms with Crippen LogP contribution in [0.15, 0.2) is 17.2 Å². The van der Waals surface area contributed by atoms with Gasteiger partial charge in [0.1, 0.15) is 0 Å². The van der Waals surface area contributed by atoms with Crippen LogP contribution in [0.5, 0.6) is 17.2 Å². The molecule has 0 atom stereocenters. The molecule has 0 unspecified atom stereocenters. The fourth-order valence-electron chi connectivity index (χ4n) is 2.02. The summed E-state index contributed by atoms with van der Waals surface area (Å²) < 4.78 is 17.6. The summed E-state index contributed by atoms with van der Waals surface area (Å²) in [6.07, 6.45) is 2.27. The molecule has 0 fully saturated rings. The quantitative estimate of drug-likeness (QED) is 0.372. The smallest absolute Gasteiger partial charge is 0.308 e. The summed E-state index contributed by atoms with van der Waals surface area (Å²) in [5, 5.41) is 11.1. The van der Waals surface area contributed by atoms with E-state index in [2.05, 4.69) is 15.3 Å². The Morgan fingerprint density at radius 2 is 2.00 bits per heavy atom. The van der Waals surface area contributed by atoms with Crippen molar-refractivity contribution in [3.8, 4) is 17.2 Å². The van der Waals surface area contributed by atoms with Crippen molar-refractivity contribution in [1.29, 1.82) is 0 Å². The lowest BCUT2D eigenvalue weighted by Gasteiger charge is -2.13. The van der Waals surface area contributed by atoms with Crippen LogP contribution >= 0.6 is 12.2 Å². The molecule has 0 radical (unpaired) electrons. The molecule has 1 aromatic carbocycles. The van der Waals surface area contributed by atoms with Gasteiger partial charge < -0.3 is 14.2 Å². The number of methoxy groups -OCH3 is 2. The van der Waals surface area contributed by atoms with Crippen LogP contribution in [0.2, 0.25) is 0 Å². The second-order valence-electron chi connectivity index (χ2n) is 4.70. The molecule has 0 aliphatic rings. The molecule has 0 saturated carbocycles. The number of hydrogen-bond donors (Lipinski definition) is 1. The maximum Gasteiger partial charge on any atom is 0.308 e. The number of nitrogens with one attached hydrogen (secondary N) is 1. The maximum absolute atomic E-state index is 11.2. The predicted molar refractivity (Wildman–Crippen MR) is 90.6 cm³/mol. The Morgan fingerprint density at radius 3 is 2.50 bits per heavy atom. The zero-order chi connectivity index (χ0) is 17.7. The van der Waals surface area contributed by atoms with Gasteiger partial charge in [0, 0.05) is 18.9 Å². The Morgan fingerprint density at radius 1 is 1.38 bits per heavy atom. The topological polar surface area (TPSA) is 90.7 Å². The van der Waals surface area contributed by atoms with Crippen LogP contribution < -0.4 is 14.2 Å². The number of H-pyrrole nitrogens is 1. The highest BCUT2D eigenvalue weighted by molar-refractivity contribution is 7.71. The summed E-state index contributed by atoms with van der Waals surface area (Å²) >= 11 is 5.14. The molecular formula is C15H18N4O4S. The van der Waals surface area contributed by atoms with Crippen LogP contribution in [0.4, 0.5) is 0 Å². The molecule has 1 aromatic heterocycles. The number of aryl methyl sites for hydroxylation is 1. The van der Waals surface area contributed by atoms with Crippen LogP contribution in [0.25, 0.3) is 0 Å². The third-order valence-electron chi connectivity index (χ3n) is 3.08. The average molecular weight is 350 g/mol. The Kier molecular flexibility index (Phi) is 5.69. The molecule has 0 spiro atoms. The van der Waals surface area contributed by atoms with Gasteiger partial charge in [-0.2, -0.15) is 14.9 Å². The van der Waals surface area contributed by atoms with E-state index in [0.29, 0.717) is 34.1 Å². The Bertz CT molecular complexity index is 800. The highest BCUT2D eigenvalue weighted by atomic mass is 32.1. The number of rotatable bonds is 6. The van der Waals surface area contributed by atoms with Crippen molar-refractivity contribution in [3.63, 3.8) is 0 Å². The Hall–Kier alpha value is -2.68. The molecule has 2 aromatic rings. The first-order valence-corrected chi connectivity index (χ1v) is 7.56. The first-order valence-electron chi connectivity index (χ1n) is 7.15. The van der Waals surface area contributed by atoms with E-state index in [1.54, 1.807) is 18.3 Å². The van der Waals surface area contributed by atoms with E-state index in [0.717, 1.165) is 0 Å². The van der Waals surface area contributed by atoms with E-state index < -0.39 is 5.97 Å². The van der Waals surface area contributed by atoms with Crippen molar-refractivity contribution >= 4 is 24.4 Å². The van der Waals surface area contributed by atoms with Crippen LogP contribution in [-0.2, 0) is 11.2 Å². The molecule has 8 nitrogen and oxygen atoms in total. The number of aromatic nitrogens is 3. The number of hydrogen-bond acceptors (Lipinski definition) is 7. The van der Waals surface area contributed by atoms with Gasteiger partial charge in [-0.1, -0.05) is 6.92 Å². The van der Waals surface area contributed by atoms with Gasteiger partial charge >= 0.3 is 5.97 Å². The molecule has 0 amide bonds. The largest absolute Gasteiger partial charge is 0.493 e. The van der Waals surface area contributed by atoms with Gasteiger partial charge in [-0.25, -0.2) is 0 Å². The second kappa shape index (κ2) is 7.73. The number of aromatic amines is 1. The van der Waals surface area contributed by atoms with Crippen molar-refractivity contribution in [2.75, 3.05) is 14.2 Å². The van der Waals surface area contributed by atoms with Gasteiger partial charge in [0.05, 0.1) is 20.4 Å². The van der Waals surface area contributed by atoms with Crippen LogP contribution in [0, 0.1) is 4.77 Å². The summed E-state index contributed by atoms with van der Waals surface area (Å²) in [4.78, 5) is 11.2. The van der Waals surface area contributed by atoms with Crippen LogP contribution in [0.3, 0.4) is 0 Å². The molecule has 24 heavy (non-hydrogen) atoms. The van der Waals surface area contributed by atoms with Gasteiger partial charge in [0.15, 0.2) is 17.3 Å². The van der Waals surface area contributed by atoms with E-state index in [4.69, 9.17) is 26.4 Å². The van der Waals surface area contributed by atoms with E-state index in [-0.39, 0.29) is 5.75 Å². The van der Waals surface area contributed by atoms with Crippen molar-refractivity contribution in [2.45, 2.75) is 20.3 Å². The van der Waals surface area contributed by atoms with Gasteiger partial charge in [-0.05, 0) is 24.4 Å². The van der Waals surface area contributed by atoms with Crippen LogP contribution in [0.1, 0.15) is 25.2 Å². The SMILES string of the molecule is CCc1n[nH]c(=S)n1/N=C/c1cc(OC)c(OC(C)=O)c(OC)c1. The summed E-state index contributed by atoms with van der Waals surface area (Å²) in [5.74, 6) is 1.19. The minimum Gasteiger partial charge on any atom is -0.493 e. The molecule has 9 heteroatoms. The summed E-state index contributed by atoms with van der Waals surface area (Å²) in [6, 6.07) is 3.36. The third-order valence-corrected chi connectivity index (χ3v) is 3.35. The van der Waals surface area contributed by atoms with E-state index in [1.165, 1.54) is 25.8 Å². The molecule has 1 heterocycles. The second-order valence-corrected chi connectivity index (χ2v) is 5.09. The standard InChI is InChI=1S/C15H18N4O4S/c1-5-13-17-18-15(24)19(13)16-8-10-6-11(21-3)14(23-9(2)20)12(7-10)22-4/h6-8H,5H2,1-4H3,(H,18,24)/b16-8+. The summed E-state index contributed by atoms with van der Waals surface area (Å²) in [7, 11) is 2.95. The minimum atomic E-state index is -0.467. The molecule has 0 aliphatic heterocycles. The van der Waals surface area contributed by atoms with E-state index >= 15 is 0 Å². The number of esters is 1. The van der Waals surface area contributed by atoms with Gasteiger partial charge in [0.25, 0.3) is 0 Å². The van der Waals surface area contributed by atoms with Gasteiger partial charge in [0.2, 0.25) is 10.5 Å². The van der Waals surface area contributed by atoms with E-state index in [9.17, 15) is 4.79 Å². The molecule has 1 N–H and O–H groups in total. The summed E-state index contributed by atoms with van der Waals surface area (Å²) in [5.41, 5.74) is 0.685. The first kappa shape index (κ1) is 17.7. The zero-order valence-electron chi connectivity index (χ0n) is 13.8. The normalized spacial score (nSPS) is 10.8. The van der Waals surface area contributed by atoms with Gasteiger partial charge in [-0.15, -0.1) is 0 Å². The van der Waals surface area contributed by atoms with Gasteiger partial charge in [-0.3, -0.25) is 9.89 Å². The Balaban J connectivity index is 2.44. The lowest BCUT2D eigenvalue weighted by molar-refractivity contribution is -0.132. The zero-order valence-corrected chi connectivity index (χ0v) is 14.6. The van der Waals surface area contributed by atoms with Crippen molar-refractivity contribution in [2.24, 2.45) is 5.10 Å². The predicted octanol–water partition coefficient (Wildman–Crippen LogP) is 2.33. The number of nitrogens with zero attached hydrogens (tertiary/aromatic N) is 3. The lowest BCUT2D eigenvalue weighted by atomic mass is 10.2. The molecule has 0 bridgehead atoms. The lowest BCUT2D eigenvalue weighted by Crippen LogP contribution is -2.05. The Labute approximate surface area is 144 Å². The minimum absolute atomic E-state index is 0.221. The van der Waals surface area contributed by atoms with Crippen molar-refractivity contribution in [3.05, 3.63) is 28.3 Å². The number of carbonyl (C=O) groups excluding carboxylic acids is 1. The fraction of sp³-hybridized carbons (Fsp3) is 0.333. The summed E-state index contributed by atoms with van der Waals surface area (Å²) in [6.45, 7) is 3.26. The molecule has 128 valence electrons. The highest BCUT2D eigenvalue weighted by Gasteiger charge is 2.15. The number of benzene rings is 1. The molecular weight excluding hydrogens is 332 g/mol. The first-order chi connectivity index (χ1) is 11.5. The monoisotopic (exact) mass is 350 g/mol. The number of carbonyl (C=O) groups is 1. The van der Waals surface area contributed by atoms with E-state index in [1.807, 2.05) is 6.92 Å². The van der Waals surface area contributed by atoms with Crippen LogP contribution in [-0.4, -0.2) is 41.3 Å². The van der Waals surface area contributed by atoms with Crippen molar-refractivity contribution < 1.29 is 19.0 Å². The fourth-order valence-corrected chi connectivity index (χ4v) is 2.21. The molecule has 2 rings (SSSR count). The third kappa shape index (κ3) is 3.80. The average Bonchev–Trinajstić information content (AvgIpc) is 2.93. The molecule has 0 saturated heterocycles. The number of ether oxygens (including phenoxy) is 3. The highest BCUT2D eigenvalue weighted by Crippen LogP contribution is 2.38. The maximum atomic E-state index is 11.2. The molecule has 0 aliphatic carbocycles.